The molecule has 7 heteroatoms. The minimum Gasteiger partial charge on any atom is -0.457 e. The number of likely N-dealkylation sites (tertiary alicyclic amines) is 1. The molecule has 0 aliphatic carbocycles. The molecule has 3 heterocycles. The number of nitrogens with zero attached hydrogens (tertiary/aromatic N) is 4. The summed E-state index contributed by atoms with van der Waals surface area (Å²) in [7, 11) is 0. The minimum atomic E-state index is -0.235. The molecule has 0 radical (unpaired) electrons. The predicted octanol–water partition coefficient (Wildman–Crippen LogP) is 4.57. The molecule has 0 N–H and O–H groups in total. The van der Waals surface area contributed by atoms with Gasteiger partial charge in [-0.1, -0.05) is 18.2 Å². The molecule has 1 fully saturated rings. The van der Waals surface area contributed by atoms with Crippen molar-refractivity contribution >= 4 is 17.5 Å². The molecular weight excluding hydrogens is 416 g/mol. The lowest BCUT2D eigenvalue weighted by Gasteiger charge is -2.32. The van der Waals surface area contributed by atoms with Crippen molar-refractivity contribution in [1.29, 1.82) is 0 Å². The van der Waals surface area contributed by atoms with Crippen molar-refractivity contribution in [2.75, 3.05) is 13.1 Å². The van der Waals surface area contributed by atoms with Crippen LogP contribution in [0.4, 0.5) is 0 Å². The van der Waals surface area contributed by atoms with Gasteiger partial charge in [-0.3, -0.25) is 14.0 Å². The number of ether oxygens (including phenoxy) is 1. The first-order valence-electron chi connectivity index (χ1n) is 11.1. The number of hydrogen-bond donors (Lipinski definition) is 0. The summed E-state index contributed by atoms with van der Waals surface area (Å²) >= 11 is 0. The van der Waals surface area contributed by atoms with Crippen LogP contribution < -0.4 is 4.74 Å². The van der Waals surface area contributed by atoms with Gasteiger partial charge in [0.25, 0.3) is 5.91 Å². The lowest BCUT2D eigenvalue weighted by Crippen LogP contribution is -2.43. The van der Waals surface area contributed by atoms with Crippen LogP contribution in [-0.4, -0.2) is 44.0 Å². The second kappa shape index (κ2) is 8.86. The Kier molecular flexibility index (Phi) is 5.60. The molecule has 1 aliphatic rings. The molecule has 4 aromatic rings. The number of rotatable bonds is 5. The first kappa shape index (κ1) is 20.9. The van der Waals surface area contributed by atoms with Crippen LogP contribution in [0.2, 0.25) is 0 Å². The van der Waals surface area contributed by atoms with E-state index in [1.165, 1.54) is 0 Å². The third-order valence-corrected chi connectivity index (χ3v) is 5.98. The summed E-state index contributed by atoms with van der Waals surface area (Å²) < 4.78 is 7.53. The number of aryl methyl sites for hydroxylation is 1. The SMILES string of the molecule is Cc1nc2ncccn2c1C(=O)N1CCC[C@H](C(=O)c2ccc(Oc3ccccc3)cc2)C1. The quantitative estimate of drug-likeness (QED) is 0.425. The number of carbonyl (C=O) groups excluding carboxylic acids is 2. The van der Waals surface area contributed by atoms with Crippen LogP contribution in [-0.2, 0) is 0 Å². The topological polar surface area (TPSA) is 76.8 Å². The van der Waals surface area contributed by atoms with Crippen LogP contribution in [0.25, 0.3) is 5.78 Å². The number of para-hydroxylation sites is 1. The fraction of sp³-hybridized carbons (Fsp3) is 0.231. The minimum absolute atomic E-state index is 0.0512. The number of fused-ring (bicyclic) bond motifs is 1. The van der Waals surface area contributed by atoms with Crippen molar-refractivity contribution in [1.82, 2.24) is 19.3 Å². The van der Waals surface area contributed by atoms with E-state index in [1.807, 2.05) is 37.3 Å². The monoisotopic (exact) mass is 440 g/mol. The third kappa shape index (κ3) is 4.22. The number of hydrogen-bond acceptors (Lipinski definition) is 5. The number of benzene rings is 2. The van der Waals surface area contributed by atoms with Gasteiger partial charge < -0.3 is 9.64 Å². The van der Waals surface area contributed by atoms with E-state index < -0.39 is 0 Å². The van der Waals surface area contributed by atoms with E-state index in [2.05, 4.69) is 9.97 Å². The molecule has 1 aliphatic heterocycles. The maximum Gasteiger partial charge on any atom is 0.272 e. The fourth-order valence-electron chi connectivity index (χ4n) is 4.33. The Morgan fingerprint density at radius 1 is 1.00 bits per heavy atom. The second-order valence-corrected chi connectivity index (χ2v) is 8.23. The number of imidazole rings is 1. The molecule has 2 aromatic carbocycles. The van der Waals surface area contributed by atoms with Crippen molar-refractivity contribution in [3.05, 3.63) is 90.0 Å². The highest BCUT2D eigenvalue weighted by molar-refractivity contribution is 5.99. The molecule has 1 amide bonds. The van der Waals surface area contributed by atoms with E-state index in [0.29, 0.717) is 41.6 Å². The maximum atomic E-state index is 13.3. The summed E-state index contributed by atoms with van der Waals surface area (Å²) in [4.78, 5) is 36.9. The third-order valence-electron chi connectivity index (χ3n) is 5.98. The Morgan fingerprint density at radius 3 is 2.55 bits per heavy atom. The van der Waals surface area contributed by atoms with Crippen LogP contribution in [0.5, 0.6) is 11.5 Å². The van der Waals surface area contributed by atoms with Gasteiger partial charge in [0.15, 0.2) is 5.78 Å². The molecule has 5 rings (SSSR count). The molecule has 1 atom stereocenters. The van der Waals surface area contributed by atoms with Crippen molar-refractivity contribution < 1.29 is 14.3 Å². The van der Waals surface area contributed by atoms with Crippen LogP contribution >= 0.6 is 0 Å². The highest BCUT2D eigenvalue weighted by Gasteiger charge is 2.31. The molecule has 166 valence electrons. The average Bonchev–Trinajstić information content (AvgIpc) is 3.20. The molecule has 0 spiro atoms. The summed E-state index contributed by atoms with van der Waals surface area (Å²) in [5, 5.41) is 0. The van der Waals surface area contributed by atoms with Crippen molar-refractivity contribution in [2.24, 2.45) is 5.92 Å². The van der Waals surface area contributed by atoms with Gasteiger partial charge in [-0.05, 0) is 62.2 Å². The Morgan fingerprint density at radius 2 is 1.76 bits per heavy atom. The zero-order chi connectivity index (χ0) is 22.8. The number of ketones is 1. The van der Waals surface area contributed by atoms with Gasteiger partial charge >= 0.3 is 0 Å². The van der Waals surface area contributed by atoms with Gasteiger partial charge in [0.1, 0.15) is 17.2 Å². The summed E-state index contributed by atoms with van der Waals surface area (Å²) in [6, 6.07) is 18.5. The Hall–Kier alpha value is -4.00. The Bertz CT molecular complexity index is 1300. The number of piperidine rings is 1. The van der Waals surface area contributed by atoms with Crippen LogP contribution in [0.15, 0.2) is 73.1 Å². The molecule has 33 heavy (non-hydrogen) atoms. The highest BCUT2D eigenvalue weighted by Crippen LogP contribution is 2.26. The Balaban J connectivity index is 1.29. The van der Waals surface area contributed by atoms with E-state index in [1.54, 1.807) is 52.0 Å². The lowest BCUT2D eigenvalue weighted by atomic mass is 9.90. The summed E-state index contributed by atoms with van der Waals surface area (Å²) in [6.45, 7) is 2.83. The number of Topliss-reactive ketones (excluding diaryl/α,β-unsaturated/α-hetero) is 1. The van der Waals surface area contributed by atoms with E-state index in [4.69, 9.17) is 4.74 Å². The summed E-state index contributed by atoms with van der Waals surface area (Å²) in [6.07, 6.45) is 4.99. The van der Waals surface area contributed by atoms with E-state index >= 15 is 0 Å². The lowest BCUT2D eigenvalue weighted by molar-refractivity contribution is 0.0630. The van der Waals surface area contributed by atoms with Crippen LogP contribution in [0, 0.1) is 12.8 Å². The first-order chi connectivity index (χ1) is 16.1. The number of aromatic nitrogens is 3. The van der Waals surface area contributed by atoms with Gasteiger partial charge in [0.2, 0.25) is 5.78 Å². The second-order valence-electron chi connectivity index (χ2n) is 8.23. The summed E-state index contributed by atoms with van der Waals surface area (Å²) in [5.74, 6) is 1.63. The highest BCUT2D eigenvalue weighted by atomic mass is 16.5. The van der Waals surface area contributed by atoms with Gasteiger partial charge in [0, 0.05) is 37.0 Å². The average molecular weight is 441 g/mol. The van der Waals surface area contributed by atoms with E-state index in [9.17, 15) is 9.59 Å². The number of carbonyl (C=O) groups is 2. The maximum absolute atomic E-state index is 13.3. The predicted molar refractivity (Wildman–Crippen MR) is 124 cm³/mol. The van der Waals surface area contributed by atoms with E-state index in [-0.39, 0.29) is 17.6 Å². The largest absolute Gasteiger partial charge is 0.457 e. The van der Waals surface area contributed by atoms with Crippen LogP contribution in [0.3, 0.4) is 0 Å². The molecule has 1 saturated heterocycles. The molecule has 7 nitrogen and oxygen atoms in total. The van der Waals surface area contributed by atoms with Gasteiger partial charge in [-0.2, -0.15) is 0 Å². The van der Waals surface area contributed by atoms with Crippen molar-refractivity contribution in [3.63, 3.8) is 0 Å². The normalized spacial score (nSPS) is 16.0. The molecule has 0 saturated carbocycles. The fourth-order valence-corrected chi connectivity index (χ4v) is 4.33. The molecule has 2 aromatic heterocycles. The summed E-state index contributed by atoms with van der Waals surface area (Å²) in [5.41, 5.74) is 1.78. The van der Waals surface area contributed by atoms with Gasteiger partial charge in [-0.25, -0.2) is 9.97 Å². The van der Waals surface area contributed by atoms with Crippen molar-refractivity contribution in [2.45, 2.75) is 19.8 Å². The zero-order valence-electron chi connectivity index (χ0n) is 18.3. The van der Waals surface area contributed by atoms with Gasteiger partial charge in [0.05, 0.1) is 5.69 Å². The smallest absolute Gasteiger partial charge is 0.272 e. The zero-order valence-corrected chi connectivity index (χ0v) is 18.3. The Labute approximate surface area is 191 Å². The van der Waals surface area contributed by atoms with E-state index in [0.717, 1.165) is 18.6 Å². The van der Waals surface area contributed by atoms with Gasteiger partial charge in [-0.15, -0.1) is 0 Å². The van der Waals surface area contributed by atoms with Crippen LogP contribution in [0.1, 0.15) is 39.4 Å². The number of amides is 1. The standard InChI is InChI=1S/C26H24N4O3/c1-18-23(30-16-6-14-27-26(30)28-18)25(32)29-15-5-7-20(17-29)24(31)19-10-12-22(13-11-19)33-21-8-3-2-4-9-21/h2-4,6,8-14,16,20H,5,7,15,17H2,1H3/t20-/m0/s1. The van der Waals surface area contributed by atoms with Crippen molar-refractivity contribution in [3.8, 4) is 11.5 Å². The molecule has 0 unspecified atom stereocenters. The molecular formula is C26H24N4O3. The molecule has 0 bridgehead atoms. The first-order valence-corrected chi connectivity index (χ1v) is 11.1.